The molecular weight excluding hydrogens is 98.1 g/mol. The molecule has 0 atom stereocenters. The molecule has 1 aliphatic rings. The van der Waals surface area contributed by atoms with E-state index in [9.17, 15) is 0 Å². The molecule has 1 heterocycles. The van der Waals surface area contributed by atoms with E-state index >= 15 is 0 Å². The van der Waals surface area contributed by atoms with Gasteiger partial charge in [0, 0.05) is 25.6 Å². The number of rotatable bonds is 0. The van der Waals surface area contributed by atoms with E-state index in [1.807, 2.05) is 4.90 Å². The van der Waals surface area contributed by atoms with Gasteiger partial charge in [0.15, 0.2) is 0 Å². The van der Waals surface area contributed by atoms with Gasteiger partial charge in [-0.25, -0.2) is 0 Å². The van der Waals surface area contributed by atoms with Crippen LogP contribution in [0.1, 0.15) is 19.3 Å². The standard InChI is InChI=1S/C7H10N/c1-2-8-6-4-3-5-7-8/h3-7H2. The summed E-state index contributed by atoms with van der Waals surface area (Å²) in [5.74, 6) is 0. The van der Waals surface area contributed by atoms with Gasteiger partial charge in [-0.3, -0.25) is 0 Å². The van der Waals surface area contributed by atoms with E-state index < -0.39 is 0 Å². The van der Waals surface area contributed by atoms with Crippen LogP contribution in [0.25, 0.3) is 0 Å². The predicted octanol–water partition coefficient (Wildman–Crippen LogP) is 1.02. The van der Waals surface area contributed by atoms with Crippen molar-refractivity contribution in [3.8, 4) is 6.04 Å². The molecule has 0 unspecified atom stereocenters. The van der Waals surface area contributed by atoms with Gasteiger partial charge in [0.1, 0.15) is 0 Å². The molecule has 43 valence electrons. The van der Waals surface area contributed by atoms with E-state index in [-0.39, 0.29) is 0 Å². The molecule has 0 bridgehead atoms. The summed E-state index contributed by atoms with van der Waals surface area (Å²) in [5.41, 5.74) is 0. The van der Waals surface area contributed by atoms with Gasteiger partial charge in [-0.15, -0.1) is 0 Å². The molecule has 1 saturated heterocycles. The van der Waals surface area contributed by atoms with Gasteiger partial charge in [-0.1, -0.05) is 0 Å². The SMILES string of the molecule is [C]#CN1CCCCC1. The van der Waals surface area contributed by atoms with Crippen molar-refractivity contribution in [2.45, 2.75) is 19.3 Å². The van der Waals surface area contributed by atoms with Crippen LogP contribution < -0.4 is 0 Å². The molecule has 1 aliphatic heterocycles. The van der Waals surface area contributed by atoms with Gasteiger partial charge >= 0.3 is 0 Å². The second-order valence-corrected chi connectivity index (χ2v) is 2.16. The number of hydrogen-bond acceptors (Lipinski definition) is 1. The Kier molecular flexibility index (Phi) is 1.80. The monoisotopic (exact) mass is 108 g/mol. The fraction of sp³-hybridized carbons (Fsp3) is 0.714. The predicted molar refractivity (Wildman–Crippen MR) is 32.6 cm³/mol. The molecule has 8 heavy (non-hydrogen) atoms. The summed E-state index contributed by atoms with van der Waals surface area (Å²) in [7, 11) is 0. The van der Waals surface area contributed by atoms with Gasteiger partial charge in [-0.05, 0) is 19.3 Å². The van der Waals surface area contributed by atoms with Gasteiger partial charge in [0.05, 0.1) is 0 Å². The van der Waals surface area contributed by atoms with Crippen molar-refractivity contribution in [1.82, 2.24) is 4.90 Å². The Labute approximate surface area is 50.7 Å². The van der Waals surface area contributed by atoms with Crippen LogP contribution >= 0.6 is 0 Å². The largest absolute Gasteiger partial charge is 0.332 e. The molecule has 1 heteroatoms. The fourth-order valence-electron chi connectivity index (χ4n) is 1.01. The van der Waals surface area contributed by atoms with Crippen molar-refractivity contribution in [2.75, 3.05) is 13.1 Å². The van der Waals surface area contributed by atoms with Gasteiger partial charge in [0.25, 0.3) is 0 Å². The summed E-state index contributed by atoms with van der Waals surface area (Å²) in [6, 6.07) is 2.39. The molecule has 1 fully saturated rings. The summed E-state index contributed by atoms with van der Waals surface area (Å²) in [6.45, 7) is 2.09. The minimum Gasteiger partial charge on any atom is -0.332 e. The minimum absolute atomic E-state index is 1.05. The maximum Gasteiger partial charge on any atom is 0.0260 e. The van der Waals surface area contributed by atoms with Crippen LogP contribution in [0.2, 0.25) is 0 Å². The zero-order valence-corrected chi connectivity index (χ0v) is 4.98. The summed E-state index contributed by atoms with van der Waals surface area (Å²) >= 11 is 0. The zero-order chi connectivity index (χ0) is 5.82. The van der Waals surface area contributed by atoms with E-state index in [1.165, 1.54) is 19.3 Å². The van der Waals surface area contributed by atoms with Crippen molar-refractivity contribution in [2.24, 2.45) is 0 Å². The number of likely N-dealkylation sites (tertiary alicyclic amines) is 1. The molecule has 1 rings (SSSR count). The van der Waals surface area contributed by atoms with Crippen LogP contribution in [0, 0.1) is 12.5 Å². The second-order valence-electron chi connectivity index (χ2n) is 2.16. The van der Waals surface area contributed by atoms with Crippen molar-refractivity contribution in [3.05, 3.63) is 6.42 Å². The quantitative estimate of drug-likeness (QED) is 0.419. The lowest BCUT2D eigenvalue weighted by Crippen LogP contribution is -2.24. The van der Waals surface area contributed by atoms with Crippen molar-refractivity contribution >= 4 is 0 Å². The highest BCUT2D eigenvalue weighted by Crippen LogP contribution is 2.05. The first-order chi connectivity index (χ1) is 3.93. The van der Waals surface area contributed by atoms with Gasteiger partial charge < -0.3 is 4.90 Å². The molecule has 0 aromatic heterocycles. The maximum atomic E-state index is 6.77. The Morgan fingerprint density at radius 3 is 2.12 bits per heavy atom. The first kappa shape index (κ1) is 5.50. The lowest BCUT2D eigenvalue weighted by atomic mass is 10.1. The summed E-state index contributed by atoms with van der Waals surface area (Å²) in [6.07, 6.45) is 10.6. The molecule has 0 aliphatic carbocycles. The summed E-state index contributed by atoms with van der Waals surface area (Å²) in [5, 5.41) is 0. The molecule has 1 nitrogen and oxygen atoms in total. The Bertz CT molecular complexity index is 95.4. The van der Waals surface area contributed by atoms with Crippen molar-refractivity contribution in [3.63, 3.8) is 0 Å². The lowest BCUT2D eigenvalue weighted by molar-refractivity contribution is 0.326. The normalized spacial score (nSPS) is 20.1. The molecule has 0 aromatic carbocycles. The molecule has 1 radical (unpaired) electrons. The summed E-state index contributed by atoms with van der Waals surface area (Å²) < 4.78 is 0. The van der Waals surface area contributed by atoms with Crippen LogP contribution in [0.3, 0.4) is 0 Å². The molecule has 0 N–H and O–H groups in total. The minimum atomic E-state index is 1.05. The van der Waals surface area contributed by atoms with E-state index in [2.05, 4.69) is 6.04 Å². The number of nitrogens with zero attached hydrogens (tertiary/aromatic N) is 1. The van der Waals surface area contributed by atoms with E-state index in [0.29, 0.717) is 0 Å². The highest BCUT2D eigenvalue weighted by atomic mass is 15.1. The zero-order valence-electron chi connectivity index (χ0n) is 4.98. The molecular formula is C7H10N. The smallest absolute Gasteiger partial charge is 0.0260 e. The first-order valence-electron chi connectivity index (χ1n) is 3.11. The first-order valence-corrected chi connectivity index (χ1v) is 3.11. The Morgan fingerprint density at radius 2 is 1.75 bits per heavy atom. The Hall–Kier alpha value is -0.640. The number of hydrogen-bond donors (Lipinski definition) is 0. The maximum absolute atomic E-state index is 6.77. The Morgan fingerprint density at radius 1 is 1.12 bits per heavy atom. The van der Waals surface area contributed by atoms with Crippen LogP contribution in [-0.4, -0.2) is 18.0 Å². The fourth-order valence-corrected chi connectivity index (χ4v) is 1.01. The van der Waals surface area contributed by atoms with E-state index in [1.54, 1.807) is 0 Å². The third-order valence-corrected chi connectivity index (χ3v) is 1.51. The average molecular weight is 108 g/mol. The van der Waals surface area contributed by atoms with Crippen molar-refractivity contribution < 1.29 is 0 Å². The van der Waals surface area contributed by atoms with Crippen LogP contribution in [0.4, 0.5) is 0 Å². The van der Waals surface area contributed by atoms with Crippen LogP contribution in [0.15, 0.2) is 0 Å². The third kappa shape index (κ3) is 1.16. The van der Waals surface area contributed by atoms with Crippen LogP contribution in [0.5, 0.6) is 0 Å². The number of piperidine rings is 1. The highest BCUT2D eigenvalue weighted by Gasteiger charge is 2.03. The van der Waals surface area contributed by atoms with E-state index in [0.717, 1.165) is 13.1 Å². The average Bonchev–Trinajstić information content (AvgIpc) is 1.90. The van der Waals surface area contributed by atoms with E-state index in [4.69, 9.17) is 6.42 Å². The molecule has 0 aromatic rings. The second kappa shape index (κ2) is 2.61. The van der Waals surface area contributed by atoms with Crippen LogP contribution in [-0.2, 0) is 0 Å². The molecule has 0 spiro atoms. The van der Waals surface area contributed by atoms with Gasteiger partial charge in [-0.2, -0.15) is 0 Å². The lowest BCUT2D eigenvalue weighted by Gasteiger charge is -2.21. The van der Waals surface area contributed by atoms with Crippen molar-refractivity contribution in [1.29, 1.82) is 0 Å². The highest BCUT2D eigenvalue weighted by molar-refractivity contribution is 4.80. The molecule has 0 saturated carbocycles. The summed E-state index contributed by atoms with van der Waals surface area (Å²) in [4.78, 5) is 1.93. The third-order valence-electron chi connectivity index (χ3n) is 1.51. The molecule has 0 amide bonds. The topological polar surface area (TPSA) is 3.24 Å². The Balaban J connectivity index is 2.25. The van der Waals surface area contributed by atoms with Gasteiger partial charge in [0.2, 0.25) is 0 Å².